The number of oxime groups is 1. The van der Waals surface area contributed by atoms with Gasteiger partial charge < -0.3 is 25.3 Å². The van der Waals surface area contributed by atoms with E-state index in [2.05, 4.69) is 22.4 Å². The molecule has 0 aliphatic carbocycles. The minimum atomic E-state index is -1.29. The largest absolute Gasteiger partial charge is 0.477 e. The van der Waals surface area contributed by atoms with E-state index < -0.39 is 52.1 Å². The van der Waals surface area contributed by atoms with E-state index in [1.165, 1.54) is 23.1 Å². The number of carbonyl (C=O) groups excluding carboxylic acids is 3. The number of nitrogens with one attached hydrogen (secondary N) is 2. The fourth-order valence-corrected chi connectivity index (χ4v) is 8.48. The third kappa shape index (κ3) is 7.77. The van der Waals surface area contributed by atoms with Gasteiger partial charge in [0.1, 0.15) is 33.9 Å². The average Bonchev–Trinajstić information content (AvgIpc) is 3.63. The van der Waals surface area contributed by atoms with Gasteiger partial charge in [-0.05, 0) is 49.6 Å². The zero-order valence-corrected chi connectivity index (χ0v) is 31.8. The third-order valence-electron chi connectivity index (χ3n) is 8.45. The molecular formula is C39H36ClN5O7S2. The number of β-lactam (4-membered cyclic amide) rings is 1. The van der Waals surface area contributed by atoms with Gasteiger partial charge in [0.15, 0.2) is 10.8 Å². The van der Waals surface area contributed by atoms with Gasteiger partial charge in [-0.2, -0.15) is 0 Å². The van der Waals surface area contributed by atoms with Gasteiger partial charge in [-0.3, -0.25) is 14.5 Å². The Balaban J connectivity index is 1.36. The molecule has 54 heavy (non-hydrogen) atoms. The van der Waals surface area contributed by atoms with Crippen molar-refractivity contribution in [3.8, 4) is 0 Å². The van der Waals surface area contributed by atoms with E-state index in [1.54, 1.807) is 26.2 Å². The van der Waals surface area contributed by atoms with Crippen LogP contribution in [0, 0.1) is 0 Å². The summed E-state index contributed by atoms with van der Waals surface area (Å²) in [6.07, 6.45) is 0. The van der Waals surface area contributed by atoms with Crippen LogP contribution >= 0.6 is 34.7 Å². The summed E-state index contributed by atoms with van der Waals surface area (Å²) in [6, 6.07) is 28.5. The molecule has 2 aliphatic heterocycles. The topological polar surface area (TPSA) is 160 Å². The predicted molar refractivity (Wildman–Crippen MR) is 208 cm³/mol. The molecule has 278 valence electrons. The molecule has 6 rings (SSSR count). The zero-order valence-electron chi connectivity index (χ0n) is 29.4. The number of aliphatic carboxylic acids is 1. The Labute approximate surface area is 324 Å². The normalized spacial score (nSPS) is 17.2. The number of carboxylic acid groups (broad SMARTS) is 1. The second-order valence-corrected chi connectivity index (χ2v) is 15.4. The van der Waals surface area contributed by atoms with Crippen LogP contribution in [0.5, 0.6) is 0 Å². The average molecular weight is 786 g/mol. The number of ether oxygens (including phenoxy) is 1. The Kier molecular flexibility index (Phi) is 11.3. The Morgan fingerprint density at radius 1 is 0.981 bits per heavy atom. The fourth-order valence-electron chi connectivity index (χ4n) is 6.05. The van der Waals surface area contributed by atoms with Crippen molar-refractivity contribution in [3.63, 3.8) is 0 Å². The fraction of sp³-hybridized carbons (Fsp3) is 0.231. The number of thiazole rings is 1. The molecule has 3 N–H and O–H groups in total. The number of esters is 1. The van der Waals surface area contributed by atoms with Crippen molar-refractivity contribution in [2.24, 2.45) is 5.16 Å². The molecule has 3 aromatic carbocycles. The number of hydrogen-bond acceptors (Lipinski definition) is 11. The number of alkyl halides is 1. The van der Waals surface area contributed by atoms with Crippen molar-refractivity contribution in [3.05, 3.63) is 142 Å². The van der Waals surface area contributed by atoms with Gasteiger partial charge in [0.2, 0.25) is 5.76 Å². The lowest BCUT2D eigenvalue weighted by Crippen LogP contribution is -2.71. The second-order valence-electron chi connectivity index (χ2n) is 13.2. The highest BCUT2D eigenvalue weighted by atomic mass is 35.5. The Morgan fingerprint density at radius 2 is 1.54 bits per heavy atom. The van der Waals surface area contributed by atoms with Crippen LogP contribution in [0.2, 0.25) is 0 Å². The highest BCUT2D eigenvalue weighted by molar-refractivity contribution is 8.00. The quantitative estimate of drug-likeness (QED) is 0.0211. The van der Waals surface area contributed by atoms with Crippen molar-refractivity contribution < 1.29 is 33.9 Å². The number of amides is 2. The van der Waals surface area contributed by atoms with E-state index in [-0.39, 0.29) is 28.7 Å². The van der Waals surface area contributed by atoms with Crippen LogP contribution < -0.4 is 10.6 Å². The maximum atomic E-state index is 14.0. The number of aromatic nitrogens is 1. The molecule has 1 aromatic heterocycles. The summed E-state index contributed by atoms with van der Waals surface area (Å²) in [5.74, 6) is -3.94. The first-order chi connectivity index (χ1) is 25.8. The number of nitrogens with zero attached hydrogens (tertiary/aromatic N) is 3. The summed E-state index contributed by atoms with van der Waals surface area (Å²) < 4.78 is 5.32. The number of carbonyl (C=O) groups is 4. The van der Waals surface area contributed by atoms with Gasteiger partial charge in [-0.25, -0.2) is 14.6 Å². The van der Waals surface area contributed by atoms with E-state index >= 15 is 0 Å². The Bertz CT molecular complexity index is 2040. The first-order valence-corrected chi connectivity index (χ1v) is 19.1. The minimum absolute atomic E-state index is 0.0574. The second kappa shape index (κ2) is 15.9. The van der Waals surface area contributed by atoms with E-state index in [4.69, 9.17) is 26.2 Å². The number of halogens is 1. The van der Waals surface area contributed by atoms with Crippen molar-refractivity contribution in [1.82, 2.24) is 15.2 Å². The molecule has 0 bridgehead atoms. The summed E-state index contributed by atoms with van der Waals surface area (Å²) in [4.78, 5) is 63.3. The van der Waals surface area contributed by atoms with E-state index in [9.17, 15) is 24.3 Å². The number of hydrogen-bond donors (Lipinski definition) is 3. The lowest BCUT2D eigenvalue weighted by molar-refractivity contribution is -0.154. The van der Waals surface area contributed by atoms with Gasteiger partial charge in [0.05, 0.1) is 0 Å². The number of anilines is 1. The van der Waals surface area contributed by atoms with Gasteiger partial charge in [-0.1, -0.05) is 96.2 Å². The van der Waals surface area contributed by atoms with Crippen LogP contribution in [0.25, 0.3) is 0 Å². The van der Waals surface area contributed by atoms with Crippen molar-refractivity contribution in [1.29, 1.82) is 0 Å². The molecule has 0 unspecified atom stereocenters. The Hall–Kier alpha value is -5.44. The van der Waals surface area contributed by atoms with Crippen LogP contribution in [-0.4, -0.2) is 73.1 Å². The SMILES string of the molecule is C=C(ON=C(C(=O)N[C@@H]1C(=O)N2C(C(=O)O)=C(CCl)CS[C@@H]12)c1csc(NC(c2ccccc2)(c2ccccc2)c2ccccc2)n1)C(=O)OC(C)(C)C. The summed E-state index contributed by atoms with van der Waals surface area (Å²) in [6.45, 7) is 8.63. The molecule has 0 saturated carbocycles. The molecule has 0 radical (unpaired) electrons. The first-order valence-electron chi connectivity index (χ1n) is 16.7. The molecule has 3 heterocycles. The number of fused-ring (bicyclic) bond motifs is 1. The smallest absolute Gasteiger partial charge is 0.376 e. The molecule has 15 heteroatoms. The van der Waals surface area contributed by atoms with Crippen LogP contribution in [0.15, 0.2) is 125 Å². The highest BCUT2D eigenvalue weighted by Gasteiger charge is 2.54. The van der Waals surface area contributed by atoms with Crippen LogP contribution in [0.3, 0.4) is 0 Å². The molecule has 4 aromatic rings. The van der Waals surface area contributed by atoms with Crippen molar-refractivity contribution in [2.75, 3.05) is 16.9 Å². The van der Waals surface area contributed by atoms with Gasteiger partial charge in [0, 0.05) is 17.0 Å². The molecule has 2 aliphatic rings. The highest BCUT2D eigenvalue weighted by Crippen LogP contribution is 2.42. The van der Waals surface area contributed by atoms with Gasteiger partial charge in [-0.15, -0.1) is 34.7 Å². The van der Waals surface area contributed by atoms with E-state index in [1.807, 2.05) is 91.0 Å². The Morgan fingerprint density at radius 3 is 2.04 bits per heavy atom. The van der Waals surface area contributed by atoms with Crippen LogP contribution in [0.1, 0.15) is 43.2 Å². The third-order valence-corrected chi connectivity index (χ3v) is 10.9. The molecule has 0 spiro atoms. The summed E-state index contributed by atoms with van der Waals surface area (Å²) in [5, 5.41) is 21.4. The van der Waals surface area contributed by atoms with Crippen molar-refractivity contribution >= 4 is 69.3 Å². The zero-order chi connectivity index (χ0) is 38.6. The molecule has 2 amide bonds. The molecular weight excluding hydrogens is 750 g/mol. The molecule has 12 nitrogen and oxygen atoms in total. The number of carboxylic acids is 1. The molecule has 1 fully saturated rings. The summed E-state index contributed by atoms with van der Waals surface area (Å²) >= 11 is 8.45. The number of benzene rings is 3. The van der Waals surface area contributed by atoms with E-state index in [0.717, 1.165) is 21.6 Å². The standard InChI is InChI=1S/C39H36ClN5O7S2/c1-23(36(50)51-38(2,3)4)52-44-29(32(46)42-30-33(47)45-31(35(48)49)24(20-40)21-53-34(30)45)28-22-54-37(41-28)43-39(25-14-8-5-9-15-25,26-16-10-6-11-17-26)27-18-12-7-13-19-27/h5-19,22,30,34H,1,20-21H2,2-4H3,(H,41,43)(H,42,46)(H,48,49)/t30-,34+/m1/s1. The van der Waals surface area contributed by atoms with Gasteiger partial charge >= 0.3 is 11.9 Å². The lowest BCUT2D eigenvalue weighted by atomic mass is 9.77. The van der Waals surface area contributed by atoms with E-state index in [0.29, 0.717) is 10.7 Å². The summed E-state index contributed by atoms with van der Waals surface area (Å²) in [7, 11) is 0. The van der Waals surface area contributed by atoms with Crippen LogP contribution in [0.4, 0.5) is 5.13 Å². The number of thioether (sulfide) groups is 1. The molecule has 1 saturated heterocycles. The van der Waals surface area contributed by atoms with Gasteiger partial charge in [0.25, 0.3) is 11.8 Å². The van der Waals surface area contributed by atoms with Crippen LogP contribution in [-0.2, 0) is 34.3 Å². The minimum Gasteiger partial charge on any atom is -0.477 e. The predicted octanol–water partition coefficient (Wildman–Crippen LogP) is 6.10. The number of rotatable bonds is 13. The maximum absolute atomic E-state index is 14.0. The maximum Gasteiger partial charge on any atom is 0.376 e. The summed E-state index contributed by atoms with van der Waals surface area (Å²) in [5.41, 5.74) is 0.897. The first kappa shape index (κ1) is 38.3. The molecule has 2 atom stereocenters. The lowest BCUT2D eigenvalue weighted by Gasteiger charge is -2.49. The monoisotopic (exact) mass is 785 g/mol. The van der Waals surface area contributed by atoms with Crippen molar-refractivity contribution in [2.45, 2.75) is 43.3 Å².